The average Bonchev–Trinajstić information content (AvgIpc) is 2.57. The van der Waals surface area contributed by atoms with E-state index in [0.717, 1.165) is 22.8 Å². The Hall–Kier alpha value is -1.77. The zero-order chi connectivity index (χ0) is 10.1. The molecule has 0 unspecified atom stereocenters. The van der Waals surface area contributed by atoms with Gasteiger partial charge in [-0.05, 0) is 37.6 Å². The SMILES string of the molecule is Cc1cc(-n2ccnc2C)ccc1N. The summed E-state index contributed by atoms with van der Waals surface area (Å²) in [6.07, 6.45) is 3.74. The molecule has 3 nitrogen and oxygen atoms in total. The third-order valence-corrected chi connectivity index (χ3v) is 2.36. The van der Waals surface area contributed by atoms with E-state index in [0.29, 0.717) is 0 Å². The van der Waals surface area contributed by atoms with Crippen LogP contribution in [0.1, 0.15) is 11.4 Å². The van der Waals surface area contributed by atoms with E-state index in [1.165, 1.54) is 0 Å². The van der Waals surface area contributed by atoms with Gasteiger partial charge in [-0.3, -0.25) is 0 Å². The number of nitrogens with two attached hydrogens (primary N) is 1. The molecule has 72 valence electrons. The molecule has 3 heteroatoms. The van der Waals surface area contributed by atoms with Crippen molar-refractivity contribution >= 4 is 5.69 Å². The van der Waals surface area contributed by atoms with Crippen molar-refractivity contribution in [2.24, 2.45) is 0 Å². The van der Waals surface area contributed by atoms with Crippen molar-refractivity contribution in [1.82, 2.24) is 9.55 Å². The predicted octanol–water partition coefficient (Wildman–Crippen LogP) is 2.07. The molecule has 0 atom stereocenters. The van der Waals surface area contributed by atoms with Crippen molar-refractivity contribution < 1.29 is 0 Å². The fourth-order valence-corrected chi connectivity index (χ4v) is 1.46. The minimum absolute atomic E-state index is 0.825. The molecule has 0 saturated heterocycles. The summed E-state index contributed by atoms with van der Waals surface area (Å²) in [5, 5.41) is 0. The molecule has 0 bridgehead atoms. The fourth-order valence-electron chi connectivity index (χ4n) is 1.46. The molecule has 0 aliphatic heterocycles. The number of aromatic nitrogens is 2. The van der Waals surface area contributed by atoms with Crippen LogP contribution in [0, 0.1) is 13.8 Å². The highest BCUT2D eigenvalue weighted by Crippen LogP contribution is 2.16. The van der Waals surface area contributed by atoms with Crippen LogP contribution in [0.4, 0.5) is 5.69 Å². The van der Waals surface area contributed by atoms with Crippen molar-refractivity contribution in [3.05, 3.63) is 42.0 Å². The molecule has 1 heterocycles. The third kappa shape index (κ3) is 1.37. The molecule has 0 fully saturated rings. The molecule has 0 aliphatic carbocycles. The van der Waals surface area contributed by atoms with Gasteiger partial charge in [0.1, 0.15) is 5.82 Å². The van der Waals surface area contributed by atoms with E-state index in [-0.39, 0.29) is 0 Å². The van der Waals surface area contributed by atoms with Crippen LogP contribution in [-0.4, -0.2) is 9.55 Å². The summed E-state index contributed by atoms with van der Waals surface area (Å²) in [6, 6.07) is 5.98. The van der Waals surface area contributed by atoms with Crippen molar-refractivity contribution in [2.45, 2.75) is 13.8 Å². The lowest BCUT2D eigenvalue weighted by Gasteiger charge is -2.07. The lowest BCUT2D eigenvalue weighted by molar-refractivity contribution is 0.973. The first kappa shape index (κ1) is 8.81. The second kappa shape index (κ2) is 3.18. The summed E-state index contributed by atoms with van der Waals surface area (Å²) >= 11 is 0. The number of nitrogens with zero attached hydrogens (tertiary/aromatic N) is 2. The standard InChI is InChI=1S/C11H13N3/c1-8-7-10(3-4-11(8)12)14-6-5-13-9(14)2/h3-7H,12H2,1-2H3. The Kier molecular flexibility index (Phi) is 2.00. The van der Waals surface area contributed by atoms with Gasteiger partial charge in [0.2, 0.25) is 0 Å². The molecule has 14 heavy (non-hydrogen) atoms. The van der Waals surface area contributed by atoms with E-state index in [4.69, 9.17) is 5.73 Å². The van der Waals surface area contributed by atoms with E-state index >= 15 is 0 Å². The summed E-state index contributed by atoms with van der Waals surface area (Å²) in [5.74, 6) is 0.981. The van der Waals surface area contributed by atoms with Gasteiger partial charge in [-0.2, -0.15) is 0 Å². The molecule has 2 aromatic rings. The van der Waals surface area contributed by atoms with Gasteiger partial charge >= 0.3 is 0 Å². The molecule has 1 aromatic heterocycles. The van der Waals surface area contributed by atoms with Crippen molar-refractivity contribution in [3.8, 4) is 5.69 Å². The van der Waals surface area contributed by atoms with E-state index < -0.39 is 0 Å². The Bertz CT molecular complexity index is 457. The maximum atomic E-state index is 5.76. The Morgan fingerprint density at radius 2 is 2.07 bits per heavy atom. The number of aryl methyl sites for hydroxylation is 2. The van der Waals surface area contributed by atoms with E-state index in [2.05, 4.69) is 11.1 Å². The molecular weight excluding hydrogens is 174 g/mol. The quantitative estimate of drug-likeness (QED) is 0.694. The second-order valence-corrected chi connectivity index (χ2v) is 3.39. The van der Waals surface area contributed by atoms with Crippen molar-refractivity contribution in [1.29, 1.82) is 0 Å². The third-order valence-electron chi connectivity index (χ3n) is 2.36. The number of anilines is 1. The van der Waals surface area contributed by atoms with E-state index in [1.807, 2.05) is 36.7 Å². The minimum Gasteiger partial charge on any atom is -0.399 e. The molecule has 2 N–H and O–H groups in total. The minimum atomic E-state index is 0.825. The van der Waals surface area contributed by atoms with Gasteiger partial charge < -0.3 is 10.3 Å². The topological polar surface area (TPSA) is 43.8 Å². The number of rotatable bonds is 1. The van der Waals surface area contributed by atoms with Crippen LogP contribution >= 0.6 is 0 Å². The van der Waals surface area contributed by atoms with Crippen LogP contribution in [-0.2, 0) is 0 Å². The monoisotopic (exact) mass is 187 g/mol. The van der Waals surface area contributed by atoms with E-state index in [9.17, 15) is 0 Å². The van der Waals surface area contributed by atoms with Crippen LogP contribution in [0.25, 0.3) is 5.69 Å². The summed E-state index contributed by atoms with van der Waals surface area (Å²) in [4.78, 5) is 4.18. The Balaban J connectivity index is 2.53. The first-order chi connectivity index (χ1) is 6.68. The predicted molar refractivity (Wildman–Crippen MR) is 57.5 cm³/mol. The van der Waals surface area contributed by atoms with Gasteiger partial charge in [-0.15, -0.1) is 0 Å². The van der Waals surface area contributed by atoms with Crippen LogP contribution in [0.2, 0.25) is 0 Å². The maximum absolute atomic E-state index is 5.76. The first-order valence-electron chi connectivity index (χ1n) is 4.55. The normalized spacial score (nSPS) is 10.4. The molecule has 1 aromatic carbocycles. The smallest absolute Gasteiger partial charge is 0.110 e. The highest BCUT2D eigenvalue weighted by atomic mass is 15.1. The van der Waals surface area contributed by atoms with Crippen LogP contribution in [0.3, 0.4) is 0 Å². The van der Waals surface area contributed by atoms with Gasteiger partial charge in [0, 0.05) is 23.8 Å². The molecule has 0 saturated carbocycles. The van der Waals surface area contributed by atoms with Gasteiger partial charge in [-0.1, -0.05) is 0 Å². The summed E-state index contributed by atoms with van der Waals surface area (Å²) in [5.41, 5.74) is 8.78. The van der Waals surface area contributed by atoms with Gasteiger partial charge in [0.05, 0.1) is 0 Å². The lowest BCUT2D eigenvalue weighted by atomic mass is 10.2. The van der Waals surface area contributed by atoms with Crippen molar-refractivity contribution in [3.63, 3.8) is 0 Å². The molecule has 0 radical (unpaired) electrons. The molecule has 0 amide bonds. The number of imidazole rings is 1. The summed E-state index contributed by atoms with van der Waals surface area (Å²) in [7, 11) is 0. The Morgan fingerprint density at radius 1 is 1.29 bits per heavy atom. The first-order valence-corrected chi connectivity index (χ1v) is 4.55. The zero-order valence-electron chi connectivity index (χ0n) is 8.36. The average molecular weight is 187 g/mol. The highest BCUT2D eigenvalue weighted by Gasteiger charge is 2.01. The van der Waals surface area contributed by atoms with Gasteiger partial charge in [0.15, 0.2) is 0 Å². The largest absolute Gasteiger partial charge is 0.399 e. The van der Waals surface area contributed by atoms with E-state index in [1.54, 1.807) is 6.20 Å². The molecule has 2 rings (SSSR count). The molecule has 0 aliphatic rings. The fraction of sp³-hybridized carbons (Fsp3) is 0.182. The molecular formula is C11H13N3. The Labute approximate surface area is 83.2 Å². The summed E-state index contributed by atoms with van der Waals surface area (Å²) < 4.78 is 2.03. The Morgan fingerprint density at radius 3 is 2.64 bits per heavy atom. The number of hydrogen-bond donors (Lipinski definition) is 1. The maximum Gasteiger partial charge on any atom is 0.110 e. The van der Waals surface area contributed by atoms with Gasteiger partial charge in [0.25, 0.3) is 0 Å². The second-order valence-electron chi connectivity index (χ2n) is 3.39. The number of nitrogen functional groups attached to an aromatic ring is 1. The van der Waals surface area contributed by atoms with Crippen LogP contribution in [0.5, 0.6) is 0 Å². The highest BCUT2D eigenvalue weighted by molar-refractivity contribution is 5.52. The number of hydrogen-bond acceptors (Lipinski definition) is 2. The van der Waals surface area contributed by atoms with Crippen LogP contribution in [0.15, 0.2) is 30.6 Å². The zero-order valence-corrected chi connectivity index (χ0v) is 8.36. The van der Waals surface area contributed by atoms with Crippen molar-refractivity contribution in [2.75, 3.05) is 5.73 Å². The number of benzene rings is 1. The lowest BCUT2D eigenvalue weighted by Crippen LogP contribution is -1.97. The van der Waals surface area contributed by atoms with Gasteiger partial charge in [-0.25, -0.2) is 4.98 Å². The molecule has 0 spiro atoms. The van der Waals surface area contributed by atoms with Crippen LogP contribution < -0.4 is 5.73 Å². The summed E-state index contributed by atoms with van der Waals surface area (Å²) in [6.45, 7) is 3.98.